The Morgan fingerprint density at radius 3 is 2.46 bits per heavy atom. The maximum Gasteiger partial charge on any atom is 0.338 e. The SMILES string of the molecule is C=CCN1C(=O)c2ccc(C(=O)OC(C)c3ccc(F)cc3)cc2C1=O. The van der Waals surface area contributed by atoms with Crippen molar-refractivity contribution < 1.29 is 23.5 Å². The molecule has 1 aliphatic heterocycles. The molecule has 2 aromatic carbocycles. The summed E-state index contributed by atoms with van der Waals surface area (Å²) in [6.07, 6.45) is 0.868. The Labute approximate surface area is 149 Å². The molecule has 2 aromatic rings. The number of benzene rings is 2. The van der Waals surface area contributed by atoms with E-state index in [0.29, 0.717) is 5.56 Å². The number of hydrogen-bond donors (Lipinski definition) is 0. The van der Waals surface area contributed by atoms with Crippen molar-refractivity contribution in [3.8, 4) is 0 Å². The first kappa shape index (κ1) is 17.5. The number of carbonyl (C=O) groups is 3. The molecule has 1 atom stereocenters. The van der Waals surface area contributed by atoms with Crippen LogP contribution in [0.3, 0.4) is 0 Å². The second-order valence-corrected chi connectivity index (χ2v) is 5.87. The first-order valence-corrected chi connectivity index (χ1v) is 8.00. The maximum atomic E-state index is 13.0. The van der Waals surface area contributed by atoms with E-state index in [1.807, 2.05) is 0 Å². The fourth-order valence-corrected chi connectivity index (χ4v) is 2.74. The molecule has 1 unspecified atom stereocenters. The van der Waals surface area contributed by atoms with Gasteiger partial charge in [-0.2, -0.15) is 0 Å². The van der Waals surface area contributed by atoms with Crippen LogP contribution >= 0.6 is 0 Å². The zero-order chi connectivity index (χ0) is 18.8. The van der Waals surface area contributed by atoms with E-state index in [2.05, 4.69) is 6.58 Å². The first-order valence-electron chi connectivity index (χ1n) is 8.00. The molecule has 132 valence electrons. The molecule has 2 amide bonds. The van der Waals surface area contributed by atoms with E-state index in [1.54, 1.807) is 6.92 Å². The summed E-state index contributed by atoms with van der Waals surface area (Å²) in [5, 5.41) is 0. The maximum absolute atomic E-state index is 13.0. The number of hydrogen-bond acceptors (Lipinski definition) is 4. The van der Waals surface area contributed by atoms with Crippen LogP contribution in [0.1, 0.15) is 49.7 Å². The third-order valence-corrected chi connectivity index (χ3v) is 4.14. The second-order valence-electron chi connectivity index (χ2n) is 5.87. The Hall–Kier alpha value is -3.28. The van der Waals surface area contributed by atoms with Crippen LogP contribution in [-0.2, 0) is 4.74 Å². The predicted octanol–water partition coefficient (Wildman–Crippen LogP) is 3.53. The monoisotopic (exact) mass is 353 g/mol. The fourth-order valence-electron chi connectivity index (χ4n) is 2.74. The molecule has 0 N–H and O–H groups in total. The largest absolute Gasteiger partial charge is 0.454 e. The minimum Gasteiger partial charge on any atom is -0.454 e. The van der Waals surface area contributed by atoms with E-state index < -0.39 is 23.9 Å². The van der Waals surface area contributed by atoms with Crippen LogP contribution in [0.2, 0.25) is 0 Å². The average molecular weight is 353 g/mol. The van der Waals surface area contributed by atoms with Gasteiger partial charge in [-0.3, -0.25) is 14.5 Å². The lowest BCUT2D eigenvalue weighted by molar-refractivity contribution is 0.0337. The quantitative estimate of drug-likeness (QED) is 0.469. The number of ether oxygens (including phenoxy) is 1. The van der Waals surface area contributed by atoms with E-state index in [4.69, 9.17) is 4.74 Å². The lowest BCUT2D eigenvalue weighted by Crippen LogP contribution is -2.29. The molecule has 5 nitrogen and oxygen atoms in total. The Balaban J connectivity index is 1.80. The summed E-state index contributed by atoms with van der Waals surface area (Å²) < 4.78 is 18.4. The smallest absolute Gasteiger partial charge is 0.338 e. The van der Waals surface area contributed by atoms with Crippen LogP contribution in [0.15, 0.2) is 55.1 Å². The van der Waals surface area contributed by atoms with E-state index in [-0.39, 0.29) is 29.1 Å². The van der Waals surface area contributed by atoms with Gasteiger partial charge in [-0.15, -0.1) is 6.58 Å². The summed E-state index contributed by atoms with van der Waals surface area (Å²) in [7, 11) is 0. The van der Waals surface area contributed by atoms with E-state index in [1.165, 1.54) is 48.5 Å². The summed E-state index contributed by atoms with van der Waals surface area (Å²) in [6, 6.07) is 9.88. The van der Waals surface area contributed by atoms with Crippen LogP contribution in [0, 0.1) is 5.82 Å². The fraction of sp³-hybridized carbons (Fsp3) is 0.150. The van der Waals surface area contributed by atoms with Crippen molar-refractivity contribution >= 4 is 17.8 Å². The van der Waals surface area contributed by atoms with E-state index in [0.717, 1.165) is 4.90 Å². The van der Waals surface area contributed by atoms with Crippen molar-refractivity contribution in [3.63, 3.8) is 0 Å². The summed E-state index contributed by atoms with van der Waals surface area (Å²) in [4.78, 5) is 37.9. The van der Waals surface area contributed by atoms with Crippen molar-refractivity contribution in [2.75, 3.05) is 6.54 Å². The molecule has 0 aromatic heterocycles. The number of fused-ring (bicyclic) bond motifs is 1. The van der Waals surface area contributed by atoms with Crippen LogP contribution in [0.5, 0.6) is 0 Å². The highest BCUT2D eigenvalue weighted by atomic mass is 19.1. The first-order chi connectivity index (χ1) is 12.4. The molecule has 26 heavy (non-hydrogen) atoms. The van der Waals surface area contributed by atoms with Crippen molar-refractivity contribution in [3.05, 3.63) is 83.2 Å². The molecule has 1 heterocycles. The van der Waals surface area contributed by atoms with E-state index >= 15 is 0 Å². The number of nitrogens with zero attached hydrogens (tertiary/aromatic N) is 1. The molecular weight excluding hydrogens is 337 g/mol. The molecule has 0 fully saturated rings. The Morgan fingerprint density at radius 1 is 1.15 bits per heavy atom. The lowest BCUT2D eigenvalue weighted by atomic mass is 10.1. The second kappa shape index (κ2) is 6.92. The van der Waals surface area contributed by atoms with Gasteiger partial charge >= 0.3 is 5.97 Å². The van der Waals surface area contributed by atoms with Crippen molar-refractivity contribution in [2.45, 2.75) is 13.0 Å². The lowest BCUT2D eigenvalue weighted by Gasteiger charge is -2.14. The van der Waals surface area contributed by atoms with Crippen LogP contribution in [0.25, 0.3) is 0 Å². The summed E-state index contributed by atoms with van der Waals surface area (Å²) >= 11 is 0. The summed E-state index contributed by atoms with van der Waals surface area (Å²) in [5.41, 5.74) is 1.23. The predicted molar refractivity (Wildman–Crippen MR) is 92.2 cm³/mol. The summed E-state index contributed by atoms with van der Waals surface area (Å²) in [6.45, 7) is 5.30. The zero-order valence-corrected chi connectivity index (χ0v) is 14.1. The van der Waals surface area contributed by atoms with Gasteiger partial charge in [-0.1, -0.05) is 18.2 Å². The molecular formula is C20H16FNO4. The van der Waals surface area contributed by atoms with Crippen LogP contribution < -0.4 is 0 Å². The minimum absolute atomic E-state index is 0.105. The van der Waals surface area contributed by atoms with Gasteiger partial charge < -0.3 is 4.74 Å². The molecule has 0 saturated carbocycles. The van der Waals surface area contributed by atoms with Crippen molar-refractivity contribution in [2.24, 2.45) is 0 Å². The van der Waals surface area contributed by atoms with Gasteiger partial charge in [0.15, 0.2) is 0 Å². The molecule has 0 saturated heterocycles. The Kier molecular flexibility index (Phi) is 4.67. The Bertz CT molecular complexity index is 905. The molecule has 1 aliphatic rings. The van der Waals surface area contributed by atoms with Gasteiger partial charge in [0.05, 0.1) is 16.7 Å². The van der Waals surface area contributed by atoms with Gasteiger partial charge in [0.2, 0.25) is 0 Å². The molecule has 3 rings (SSSR count). The number of imide groups is 1. The van der Waals surface area contributed by atoms with Gasteiger partial charge in [-0.25, -0.2) is 9.18 Å². The number of halogens is 1. The number of esters is 1. The molecule has 0 aliphatic carbocycles. The third kappa shape index (κ3) is 3.13. The third-order valence-electron chi connectivity index (χ3n) is 4.14. The Morgan fingerprint density at radius 2 is 1.81 bits per heavy atom. The van der Waals surface area contributed by atoms with Crippen molar-refractivity contribution in [1.82, 2.24) is 4.90 Å². The molecule has 0 bridgehead atoms. The molecule has 0 spiro atoms. The zero-order valence-electron chi connectivity index (χ0n) is 14.1. The van der Waals surface area contributed by atoms with Crippen molar-refractivity contribution in [1.29, 1.82) is 0 Å². The highest BCUT2D eigenvalue weighted by Crippen LogP contribution is 2.25. The number of carbonyl (C=O) groups excluding carboxylic acids is 3. The highest BCUT2D eigenvalue weighted by molar-refractivity contribution is 6.22. The highest BCUT2D eigenvalue weighted by Gasteiger charge is 2.35. The molecule has 0 radical (unpaired) electrons. The van der Waals surface area contributed by atoms with Gasteiger partial charge in [0, 0.05) is 6.54 Å². The molecule has 6 heteroatoms. The van der Waals surface area contributed by atoms with E-state index in [9.17, 15) is 18.8 Å². The minimum atomic E-state index is -0.632. The van der Waals surface area contributed by atoms with Gasteiger partial charge in [0.25, 0.3) is 11.8 Å². The normalized spacial score (nSPS) is 14.2. The van der Waals surface area contributed by atoms with Crippen LogP contribution in [-0.4, -0.2) is 29.2 Å². The summed E-state index contributed by atoms with van der Waals surface area (Å²) in [5.74, 6) is -1.89. The van der Waals surface area contributed by atoms with Gasteiger partial charge in [0.1, 0.15) is 11.9 Å². The van der Waals surface area contributed by atoms with Gasteiger partial charge in [-0.05, 0) is 42.8 Å². The standard InChI is InChI=1S/C20H16FNO4/c1-3-10-22-18(23)16-9-6-14(11-17(16)19(22)24)20(25)26-12(2)13-4-7-15(21)8-5-13/h3-9,11-12H,1,10H2,2H3. The topological polar surface area (TPSA) is 63.7 Å². The number of amides is 2. The number of rotatable bonds is 5. The average Bonchev–Trinajstić information content (AvgIpc) is 2.87. The van der Waals surface area contributed by atoms with Crippen LogP contribution in [0.4, 0.5) is 4.39 Å².